The smallest absolute Gasteiger partial charge is 0.326 e. The molecule has 0 saturated carbocycles. The molecule has 2 aromatic rings. The summed E-state index contributed by atoms with van der Waals surface area (Å²) in [6, 6.07) is 3.23. The lowest BCUT2D eigenvalue weighted by Gasteiger charge is -2.23. The second-order valence-electron chi connectivity index (χ2n) is 9.76. The third-order valence-electron chi connectivity index (χ3n) is 6.34. The van der Waals surface area contributed by atoms with Crippen LogP contribution >= 0.6 is 0 Å². The van der Waals surface area contributed by atoms with E-state index < -0.39 is 47.9 Å². The van der Waals surface area contributed by atoms with E-state index in [1.54, 1.807) is 6.20 Å². The van der Waals surface area contributed by atoms with Gasteiger partial charge in [-0.2, -0.15) is 0 Å². The average Bonchev–Trinajstić information content (AvgIpc) is 3.33. The van der Waals surface area contributed by atoms with Gasteiger partial charge in [-0.15, -0.1) is 0 Å². The number of carbonyl (C=O) groups excluding carboxylic acids is 3. The zero-order chi connectivity index (χ0) is 31.2. The van der Waals surface area contributed by atoms with Crippen molar-refractivity contribution in [3.63, 3.8) is 0 Å². The number of nitrogens with zero attached hydrogens (tertiary/aromatic N) is 2. The third-order valence-corrected chi connectivity index (χ3v) is 6.34. The number of carbonyl (C=O) groups is 4. The number of aromatic amines is 1. The molecule has 0 spiro atoms. The Morgan fingerprint density at radius 3 is 2.02 bits per heavy atom. The highest BCUT2D eigenvalue weighted by molar-refractivity contribution is 5.94. The van der Waals surface area contributed by atoms with Crippen molar-refractivity contribution in [1.29, 1.82) is 0 Å². The molecule has 230 valence electrons. The van der Waals surface area contributed by atoms with Gasteiger partial charge < -0.3 is 54.7 Å². The van der Waals surface area contributed by atoms with Crippen LogP contribution in [0.1, 0.15) is 38.2 Å². The van der Waals surface area contributed by atoms with Crippen molar-refractivity contribution in [2.24, 2.45) is 38.7 Å². The van der Waals surface area contributed by atoms with Crippen LogP contribution in [0.3, 0.4) is 0 Å². The zero-order valence-electron chi connectivity index (χ0n) is 23.5. The maximum absolute atomic E-state index is 13.0. The van der Waals surface area contributed by atoms with Gasteiger partial charge in [-0.25, -0.2) is 4.79 Å². The minimum atomic E-state index is -1.26. The van der Waals surface area contributed by atoms with Gasteiger partial charge in [0.15, 0.2) is 11.9 Å². The minimum absolute atomic E-state index is 0.0489. The quantitative estimate of drug-likeness (QED) is 0.0536. The number of carboxylic acid groups (broad SMARTS) is 1. The molecule has 0 radical (unpaired) electrons. The van der Waals surface area contributed by atoms with Crippen LogP contribution in [0.4, 0.5) is 0 Å². The van der Waals surface area contributed by atoms with Crippen molar-refractivity contribution in [2.75, 3.05) is 13.1 Å². The maximum Gasteiger partial charge on any atom is 0.326 e. The highest BCUT2D eigenvalue weighted by Crippen LogP contribution is 2.18. The summed E-state index contributed by atoms with van der Waals surface area (Å²) in [5.41, 5.74) is 29.1. The van der Waals surface area contributed by atoms with Gasteiger partial charge in [0.25, 0.3) is 0 Å². The number of H-pyrrole nitrogens is 1. The van der Waals surface area contributed by atoms with E-state index in [1.165, 1.54) is 6.92 Å². The molecule has 0 aliphatic rings. The van der Waals surface area contributed by atoms with E-state index in [1.807, 2.05) is 24.3 Å². The molecule has 0 aliphatic heterocycles. The first kappa shape index (κ1) is 33.3. The molecule has 16 heteroatoms. The van der Waals surface area contributed by atoms with Gasteiger partial charge >= 0.3 is 5.97 Å². The first-order valence-electron chi connectivity index (χ1n) is 13.4. The number of aromatic nitrogens is 1. The summed E-state index contributed by atoms with van der Waals surface area (Å²) in [6.07, 6.45) is 2.75. The van der Waals surface area contributed by atoms with Crippen LogP contribution in [0.25, 0.3) is 10.9 Å². The molecule has 0 saturated heterocycles. The number of guanidine groups is 2. The SMILES string of the molecule is CC(NC(=O)C(N)Cc1c[nH]c2ccccc12)C(=O)NC(CCCN=C(N)N)C(=O)NC(CCCN=C(N)N)C(=O)O. The lowest BCUT2D eigenvalue weighted by atomic mass is 10.0. The first-order valence-corrected chi connectivity index (χ1v) is 13.4. The molecular weight excluding hydrogens is 546 g/mol. The van der Waals surface area contributed by atoms with Gasteiger partial charge in [-0.1, -0.05) is 18.2 Å². The normalized spacial score (nSPS) is 13.7. The Labute approximate surface area is 242 Å². The van der Waals surface area contributed by atoms with Crippen molar-refractivity contribution in [3.8, 4) is 0 Å². The van der Waals surface area contributed by atoms with E-state index in [-0.39, 0.29) is 44.3 Å². The van der Waals surface area contributed by atoms with Gasteiger partial charge in [-0.3, -0.25) is 24.4 Å². The zero-order valence-corrected chi connectivity index (χ0v) is 23.5. The molecule has 3 amide bonds. The number of nitrogens with one attached hydrogen (secondary N) is 4. The molecule has 42 heavy (non-hydrogen) atoms. The lowest BCUT2D eigenvalue weighted by Crippen LogP contribution is -2.56. The predicted octanol–water partition coefficient (Wildman–Crippen LogP) is -2.30. The number of rotatable bonds is 17. The first-order chi connectivity index (χ1) is 19.9. The Morgan fingerprint density at radius 1 is 0.857 bits per heavy atom. The number of amides is 3. The second-order valence-corrected chi connectivity index (χ2v) is 9.76. The van der Waals surface area contributed by atoms with E-state index >= 15 is 0 Å². The largest absolute Gasteiger partial charge is 0.480 e. The van der Waals surface area contributed by atoms with Crippen LogP contribution in [-0.4, -0.2) is 83.0 Å². The van der Waals surface area contributed by atoms with Crippen LogP contribution in [0.2, 0.25) is 0 Å². The van der Waals surface area contributed by atoms with Crippen LogP contribution in [0, 0.1) is 0 Å². The molecule has 4 unspecified atom stereocenters. The predicted molar refractivity (Wildman–Crippen MR) is 159 cm³/mol. The number of aliphatic imine (C=N–C) groups is 2. The molecule has 0 bridgehead atoms. The number of fused-ring (bicyclic) bond motifs is 1. The summed E-state index contributed by atoms with van der Waals surface area (Å²) in [6.45, 7) is 1.81. The Kier molecular flexibility index (Phi) is 13.0. The number of para-hydroxylation sites is 1. The van der Waals surface area contributed by atoms with Crippen LogP contribution in [0.5, 0.6) is 0 Å². The van der Waals surface area contributed by atoms with Gasteiger partial charge in [0, 0.05) is 30.2 Å². The summed E-state index contributed by atoms with van der Waals surface area (Å²) in [4.78, 5) is 61.3. The summed E-state index contributed by atoms with van der Waals surface area (Å²) < 4.78 is 0. The molecule has 0 fully saturated rings. The van der Waals surface area contributed by atoms with Crippen LogP contribution < -0.4 is 44.6 Å². The molecule has 1 aromatic carbocycles. The molecule has 2 rings (SSSR count). The number of hydrogen-bond acceptors (Lipinski definition) is 7. The van der Waals surface area contributed by atoms with Gasteiger partial charge in [0.2, 0.25) is 17.7 Å². The summed E-state index contributed by atoms with van der Waals surface area (Å²) in [7, 11) is 0. The molecular formula is C26H41N11O5. The number of hydrogen-bond donors (Lipinski definition) is 10. The van der Waals surface area contributed by atoms with Crippen molar-refractivity contribution in [3.05, 3.63) is 36.0 Å². The molecule has 4 atom stereocenters. The fourth-order valence-corrected chi connectivity index (χ4v) is 4.12. The number of carboxylic acids is 1. The van der Waals surface area contributed by atoms with E-state index in [4.69, 9.17) is 28.7 Å². The molecule has 15 N–H and O–H groups in total. The highest BCUT2D eigenvalue weighted by atomic mass is 16.4. The van der Waals surface area contributed by atoms with E-state index in [9.17, 15) is 24.3 Å². The molecule has 0 aliphatic carbocycles. The monoisotopic (exact) mass is 587 g/mol. The van der Waals surface area contributed by atoms with Crippen molar-refractivity contribution >= 4 is 46.5 Å². The fourth-order valence-electron chi connectivity index (χ4n) is 4.12. The Hall–Kier alpha value is -4.86. The van der Waals surface area contributed by atoms with Crippen LogP contribution in [0.15, 0.2) is 40.4 Å². The average molecular weight is 588 g/mol. The van der Waals surface area contributed by atoms with Crippen molar-refractivity contribution in [1.82, 2.24) is 20.9 Å². The highest BCUT2D eigenvalue weighted by Gasteiger charge is 2.28. The fraction of sp³-hybridized carbons (Fsp3) is 0.462. The topological polar surface area (TPSA) is 295 Å². The van der Waals surface area contributed by atoms with E-state index in [0.29, 0.717) is 12.8 Å². The number of benzene rings is 1. The summed E-state index contributed by atoms with van der Waals surface area (Å²) in [5, 5.41) is 18.1. The van der Waals surface area contributed by atoms with Gasteiger partial charge in [0.1, 0.15) is 18.1 Å². The molecule has 1 aromatic heterocycles. The Bertz CT molecular complexity index is 1280. The van der Waals surface area contributed by atoms with Gasteiger partial charge in [-0.05, 0) is 50.7 Å². The Morgan fingerprint density at radius 2 is 1.43 bits per heavy atom. The molecule has 1 heterocycles. The Balaban J connectivity index is 2.02. The van der Waals surface area contributed by atoms with E-state index in [2.05, 4.69) is 30.9 Å². The van der Waals surface area contributed by atoms with Gasteiger partial charge in [0.05, 0.1) is 6.04 Å². The maximum atomic E-state index is 13.0. The van der Waals surface area contributed by atoms with Crippen molar-refractivity contribution in [2.45, 2.75) is 63.2 Å². The van der Waals surface area contributed by atoms with E-state index in [0.717, 1.165) is 16.5 Å². The van der Waals surface area contributed by atoms with Crippen molar-refractivity contribution < 1.29 is 24.3 Å². The summed E-state index contributed by atoms with van der Waals surface area (Å²) in [5.74, 6) is -3.46. The number of aliphatic carboxylic acids is 1. The third kappa shape index (κ3) is 11.0. The minimum Gasteiger partial charge on any atom is -0.480 e. The standard InChI is InChI=1S/C26H41N11O5/c1-14(35-22(39)17(27)12-15-13-34-18-7-3-2-6-16(15)18)21(38)36-19(8-4-10-32-25(28)29)23(40)37-20(24(41)42)9-5-11-33-26(30)31/h2-3,6-7,13-14,17,19-20,34H,4-5,8-12,27H2,1H3,(H,35,39)(H,36,38)(H,37,40)(H,41,42)(H4,28,29,32)(H4,30,31,33). The number of nitrogens with two attached hydrogens (primary N) is 5. The lowest BCUT2D eigenvalue weighted by molar-refractivity contribution is -0.142. The molecule has 16 nitrogen and oxygen atoms in total. The second kappa shape index (κ2) is 16.4. The summed E-state index contributed by atoms with van der Waals surface area (Å²) >= 11 is 0. The van der Waals surface area contributed by atoms with Crippen LogP contribution in [-0.2, 0) is 25.6 Å².